The summed E-state index contributed by atoms with van der Waals surface area (Å²) in [5.74, 6) is 0. The van der Waals surface area contributed by atoms with Crippen LogP contribution >= 0.6 is 11.6 Å². The highest BCUT2D eigenvalue weighted by molar-refractivity contribution is 6.29. The number of β-amino-alcohol motifs (C(OH)–C–C–N with tert-alkyl or cyclic N) is 1. The van der Waals surface area contributed by atoms with Gasteiger partial charge in [0.15, 0.2) is 0 Å². The van der Waals surface area contributed by atoms with Crippen LogP contribution in [-0.2, 0) is 0 Å². The molecule has 1 fully saturated rings. The van der Waals surface area contributed by atoms with E-state index in [1.54, 1.807) is 6.20 Å². The molecule has 17 heavy (non-hydrogen) atoms. The molecule has 1 saturated heterocycles. The highest BCUT2D eigenvalue weighted by atomic mass is 35.5. The molecule has 1 aliphatic heterocycles. The maximum atomic E-state index is 8.95. The number of aliphatic hydroxyl groups is 1. The smallest absolute Gasteiger partial charge is 0.131 e. The van der Waals surface area contributed by atoms with Gasteiger partial charge >= 0.3 is 0 Å². The first-order valence-electron chi connectivity index (χ1n) is 5.99. The van der Waals surface area contributed by atoms with Crippen LogP contribution < -0.4 is 4.90 Å². The molecule has 0 unspecified atom stereocenters. The minimum Gasteiger partial charge on any atom is -0.395 e. The van der Waals surface area contributed by atoms with E-state index in [1.165, 1.54) is 0 Å². The molecule has 0 radical (unpaired) electrons. The molecule has 1 N–H and O–H groups in total. The van der Waals surface area contributed by atoms with Crippen molar-refractivity contribution in [1.29, 1.82) is 0 Å². The van der Waals surface area contributed by atoms with E-state index in [0.29, 0.717) is 5.15 Å². The van der Waals surface area contributed by atoms with E-state index in [1.807, 2.05) is 12.1 Å². The first kappa shape index (κ1) is 12.6. The first-order valence-corrected chi connectivity index (χ1v) is 6.37. The molecule has 0 aromatic carbocycles. The van der Waals surface area contributed by atoms with Crippen molar-refractivity contribution in [2.45, 2.75) is 6.42 Å². The highest BCUT2D eigenvalue weighted by Crippen LogP contribution is 2.18. The number of aromatic nitrogens is 1. The molecule has 0 bridgehead atoms. The predicted molar refractivity (Wildman–Crippen MR) is 69.6 cm³/mol. The Morgan fingerprint density at radius 2 is 2.18 bits per heavy atom. The van der Waals surface area contributed by atoms with Crippen molar-refractivity contribution in [2.75, 3.05) is 44.2 Å². The minimum absolute atomic E-state index is 0.237. The Kier molecular flexibility index (Phi) is 4.59. The van der Waals surface area contributed by atoms with Gasteiger partial charge in [-0.3, -0.25) is 4.90 Å². The van der Waals surface area contributed by atoms with Gasteiger partial charge in [0.1, 0.15) is 5.15 Å². The van der Waals surface area contributed by atoms with Crippen molar-refractivity contribution in [1.82, 2.24) is 9.88 Å². The number of aliphatic hydroxyl groups excluding tert-OH is 1. The Balaban J connectivity index is 1.99. The van der Waals surface area contributed by atoms with Crippen LogP contribution in [-0.4, -0.2) is 54.3 Å². The fraction of sp³-hybridized carbons (Fsp3) is 0.583. The van der Waals surface area contributed by atoms with Gasteiger partial charge in [-0.05, 0) is 25.1 Å². The zero-order valence-corrected chi connectivity index (χ0v) is 10.6. The van der Waals surface area contributed by atoms with Gasteiger partial charge in [0.25, 0.3) is 0 Å². The van der Waals surface area contributed by atoms with E-state index in [-0.39, 0.29) is 6.61 Å². The summed E-state index contributed by atoms with van der Waals surface area (Å²) in [6.45, 7) is 5.05. The second-order valence-corrected chi connectivity index (χ2v) is 4.63. The molecule has 2 heterocycles. The predicted octanol–water partition coefficient (Wildman–Crippen LogP) is 1.24. The van der Waals surface area contributed by atoms with Crippen molar-refractivity contribution in [3.63, 3.8) is 0 Å². The van der Waals surface area contributed by atoms with Gasteiger partial charge in [0.2, 0.25) is 0 Å². The average Bonchev–Trinajstić information content (AvgIpc) is 2.55. The standard InChI is InChI=1S/C12H18ClN3O/c13-12-10-11(2-3-14-12)16-5-1-4-15(6-7-16)8-9-17/h2-3,10,17H,1,4-9H2. The summed E-state index contributed by atoms with van der Waals surface area (Å²) < 4.78 is 0. The van der Waals surface area contributed by atoms with Crippen LogP contribution in [0.5, 0.6) is 0 Å². The summed E-state index contributed by atoms with van der Waals surface area (Å²) >= 11 is 5.90. The molecular weight excluding hydrogens is 238 g/mol. The first-order chi connectivity index (χ1) is 8.29. The van der Waals surface area contributed by atoms with Gasteiger partial charge in [-0.15, -0.1) is 0 Å². The number of rotatable bonds is 3. The van der Waals surface area contributed by atoms with E-state index in [2.05, 4.69) is 14.8 Å². The molecule has 0 aliphatic carbocycles. The van der Waals surface area contributed by atoms with E-state index in [9.17, 15) is 0 Å². The normalized spacial score (nSPS) is 18.1. The molecule has 0 atom stereocenters. The summed E-state index contributed by atoms with van der Waals surface area (Å²) in [5, 5.41) is 9.49. The third kappa shape index (κ3) is 3.56. The van der Waals surface area contributed by atoms with Crippen molar-refractivity contribution >= 4 is 17.3 Å². The summed E-state index contributed by atoms with van der Waals surface area (Å²) in [6.07, 6.45) is 2.86. The molecule has 0 saturated carbocycles. The minimum atomic E-state index is 0.237. The maximum absolute atomic E-state index is 8.95. The topological polar surface area (TPSA) is 39.6 Å². The molecule has 1 aromatic heterocycles. The third-order valence-corrected chi connectivity index (χ3v) is 3.29. The Bertz CT molecular complexity index is 361. The maximum Gasteiger partial charge on any atom is 0.131 e. The summed E-state index contributed by atoms with van der Waals surface area (Å²) in [5.41, 5.74) is 1.14. The van der Waals surface area contributed by atoms with Crippen LogP contribution in [0, 0.1) is 0 Å². The van der Waals surface area contributed by atoms with Gasteiger partial charge < -0.3 is 10.0 Å². The molecular formula is C12H18ClN3O. The van der Waals surface area contributed by atoms with Crippen LogP contribution in [0.15, 0.2) is 18.3 Å². The largest absolute Gasteiger partial charge is 0.395 e. The summed E-state index contributed by atoms with van der Waals surface area (Å²) in [7, 11) is 0. The van der Waals surface area contributed by atoms with E-state index >= 15 is 0 Å². The van der Waals surface area contributed by atoms with Crippen LogP contribution in [0.1, 0.15) is 6.42 Å². The van der Waals surface area contributed by atoms with Crippen molar-refractivity contribution in [3.8, 4) is 0 Å². The van der Waals surface area contributed by atoms with Gasteiger partial charge in [-0.1, -0.05) is 11.6 Å². The zero-order chi connectivity index (χ0) is 12.1. The number of anilines is 1. The van der Waals surface area contributed by atoms with Gasteiger partial charge in [-0.25, -0.2) is 4.98 Å². The SMILES string of the molecule is OCCN1CCCN(c2ccnc(Cl)c2)CC1. The Labute approximate surface area is 107 Å². The van der Waals surface area contributed by atoms with Gasteiger partial charge in [0.05, 0.1) is 6.61 Å². The van der Waals surface area contributed by atoms with Crippen LogP contribution in [0.4, 0.5) is 5.69 Å². The molecule has 1 aromatic rings. The number of nitrogens with zero attached hydrogens (tertiary/aromatic N) is 3. The van der Waals surface area contributed by atoms with Crippen LogP contribution in [0.25, 0.3) is 0 Å². The molecule has 5 heteroatoms. The number of pyridine rings is 1. The van der Waals surface area contributed by atoms with E-state index < -0.39 is 0 Å². The zero-order valence-electron chi connectivity index (χ0n) is 9.85. The molecule has 94 valence electrons. The van der Waals surface area contributed by atoms with E-state index in [4.69, 9.17) is 16.7 Å². The lowest BCUT2D eigenvalue weighted by Gasteiger charge is -2.23. The van der Waals surface area contributed by atoms with Crippen LogP contribution in [0.3, 0.4) is 0 Å². The Morgan fingerprint density at radius 3 is 2.94 bits per heavy atom. The third-order valence-electron chi connectivity index (χ3n) is 3.08. The summed E-state index contributed by atoms with van der Waals surface area (Å²) in [4.78, 5) is 8.62. The second-order valence-electron chi connectivity index (χ2n) is 4.24. The lowest BCUT2D eigenvalue weighted by molar-refractivity contribution is 0.204. The molecule has 1 aliphatic rings. The molecule has 4 nitrogen and oxygen atoms in total. The fourth-order valence-corrected chi connectivity index (χ4v) is 2.35. The van der Waals surface area contributed by atoms with Gasteiger partial charge in [0, 0.05) is 38.1 Å². The van der Waals surface area contributed by atoms with Crippen molar-refractivity contribution in [2.24, 2.45) is 0 Å². The number of halogens is 1. The number of hydrogen-bond donors (Lipinski definition) is 1. The molecule has 2 rings (SSSR count). The second kappa shape index (κ2) is 6.19. The fourth-order valence-electron chi connectivity index (χ4n) is 2.18. The van der Waals surface area contributed by atoms with Gasteiger partial charge in [-0.2, -0.15) is 0 Å². The molecule has 0 spiro atoms. The Hall–Kier alpha value is -0.840. The Morgan fingerprint density at radius 1 is 1.29 bits per heavy atom. The number of hydrogen-bond acceptors (Lipinski definition) is 4. The van der Waals surface area contributed by atoms with Crippen molar-refractivity contribution < 1.29 is 5.11 Å². The lowest BCUT2D eigenvalue weighted by Crippen LogP contribution is -2.32. The summed E-state index contributed by atoms with van der Waals surface area (Å²) in [6, 6.07) is 3.90. The van der Waals surface area contributed by atoms with E-state index in [0.717, 1.165) is 44.8 Å². The lowest BCUT2D eigenvalue weighted by atomic mass is 10.3. The molecule has 0 amide bonds. The van der Waals surface area contributed by atoms with Crippen LogP contribution in [0.2, 0.25) is 5.15 Å². The quantitative estimate of drug-likeness (QED) is 0.825. The monoisotopic (exact) mass is 255 g/mol. The highest BCUT2D eigenvalue weighted by Gasteiger charge is 2.14. The average molecular weight is 256 g/mol. The van der Waals surface area contributed by atoms with Crippen molar-refractivity contribution in [3.05, 3.63) is 23.5 Å².